The number of nitrogens with zero attached hydrogens (tertiary/aromatic N) is 2. The predicted octanol–water partition coefficient (Wildman–Crippen LogP) is 0.844. The van der Waals surface area contributed by atoms with Crippen molar-refractivity contribution >= 4 is 21.5 Å². The predicted molar refractivity (Wildman–Crippen MR) is 48.9 cm³/mol. The molecule has 13 heavy (non-hydrogen) atoms. The molecule has 1 atom stereocenters. The second-order valence-electron chi connectivity index (χ2n) is 2.49. The van der Waals surface area contributed by atoms with Gasteiger partial charge in [-0.3, -0.25) is 10.1 Å². The van der Waals surface area contributed by atoms with E-state index in [0.717, 1.165) is 11.3 Å². The molecule has 0 aromatic carbocycles. The van der Waals surface area contributed by atoms with E-state index in [9.17, 15) is 10.1 Å². The third-order valence-electron chi connectivity index (χ3n) is 1.22. The molecule has 2 N–H and O–H groups in total. The lowest BCUT2D eigenvalue weighted by Gasteiger charge is -2.02. The molecule has 0 radical (unpaired) electrons. The zero-order valence-electron chi connectivity index (χ0n) is 6.93. The standard InChI is InChI=1S/C6H9N3O3S/c1-4(10)2-7-6-8-3-5(13-6)9(11)12/h3-4,10H,2H2,1H3,(H,7,8)/t4-/m0/s1. The zero-order valence-corrected chi connectivity index (χ0v) is 7.74. The van der Waals surface area contributed by atoms with E-state index in [4.69, 9.17) is 5.11 Å². The summed E-state index contributed by atoms with van der Waals surface area (Å²) >= 11 is 0.951. The van der Waals surface area contributed by atoms with Gasteiger partial charge in [0.1, 0.15) is 6.20 Å². The minimum atomic E-state index is -0.497. The number of nitrogens with one attached hydrogen (secondary N) is 1. The number of anilines is 1. The summed E-state index contributed by atoms with van der Waals surface area (Å²) in [6.07, 6.45) is 0.692. The molecule has 0 amide bonds. The molecule has 1 aromatic heterocycles. The highest BCUT2D eigenvalue weighted by Gasteiger charge is 2.10. The van der Waals surface area contributed by atoms with Gasteiger partial charge in [-0.05, 0) is 18.3 Å². The quantitative estimate of drug-likeness (QED) is 0.559. The first-order chi connectivity index (χ1) is 6.09. The van der Waals surface area contributed by atoms with Gasteiger partial charge in [0.05, 0.1) is 11.0 Å². The van der Waals surface area contributed by atoms with Gasteiger partial charge in [-0.2, -0.15) is 0 Å². The van der Waals surface area contributed by atoms with E-state index in [0.29, 0.717) is 11.7 Å². The van der Waals surface area contributed by atoms with Gasteiger partial charge < -0.3 is 10.4 Å². The van der Waals surface area contributed by atoms with Gasteiger partial charge in [0.15, 0.2) is 5.13 Å². The van der Waals surface area contributed by atoms with Crippen molar-refractivity contribution in [3.63, 3.8) is 0 Å². The number of hydrogen-bond donors (Lipinski definition) is 2. The monoisotopic (exact) mass is 203 g/mol. The van der Waals surface area contributed by atoms with Crippen LogP contribution in [0.4, 0.5) is 10.1 Å². The third kappa shape index (κ3) is 2.96. The van der Waals surface area contributed by atoms with E-state index in [1.807, 2.05) is 0 Å². The van der Waals surface area contributed by atoms with Crippen LogP contribution in [0, 0.1) is 10.1 Å². The molecule has 1 aromatic rings. The number of nitro groups is 1. The van der Waals surface area contributed by atoms with E-state index < -0.39 is 11.0 Å². The van der Waals surface area contributed by atoms with Gasteiger partial charge >= 0.3 is 5.00 Å². The molecule has 1 rings (SSSR count). The van der Waals surface area contributed by atoms with E-state index in [2.05, 4.69) is 10.3 Å². The summed E-state index contributed by atoms with van der Waals surface area (Å²) in [5.41, 5.74) is 0. The molecular weight excluding hydrogens is 194 g/mol. The third-order valence-corrected chi connectivity index (χ3v) is 2.13. The summed E-state index contributed by atoms with van der Waals surface area (Å²) in [6.45, 7) is 1.96. The van der Waals surface area contributed by atoms with Crippen molar-refractivity contribution < 1.29 is 10.0 Å². The van der Waals surface area contributed by atoms with Crippen LogP contribution >= 0.6 is 11.3 Å². The highest BCUT2D eigenvalue weighted by Crippen LogP contribution is 2.24. The van der Waals surface area contributed by atoms with Crippen molar-refractivity contribution in [3.05, 3.63) is 16.3 Å². The lowest BCUT2D eigenvalue weighted by atomic mass is 10.4. The molecule has 0 bridgehead atoms. The summed E-state index contributed by atoms with van der Waals surface area (Å²) in [5, 5.41) is 22.4. The van der Waals surface area contributed by atoms with Crippen LogP contribution in [0.1, 0.15) is 6.92 Å². The Morgan fingerprint density at radius 2 is 2.62 bits per heavy atom. The topological polar surface area (TPSA) is 88.3 Å². The Bertz CT molecular complexity index is 299. The van der Waals surface area contributed by atoms with Gasteiger partial charge in [0.2, 0.25) is 0 Å². The molecule has 0 saturated heterocycles. The molecule has 72 valence electrons. The Labute approximate surface area is 78.4 Å². The van der Waals surface area contributed by atoms with Crippen LogP contribution in [0.3, 0.4) is 0 Å². The average molecular weight is 203 g/mol. The Kier molecular flexibility index (Phi) is 3.15. The van der Waals surface area contributed by atoms with Crippen LogP contribution < -0.4 is 5.32 Å². The summed E-state index contributed by atoms with van der Waals surface area (Å²) < 4.78 is 0. The molecule has 0 fully saturated rings. The van der Waals surface area contributed by atoms with Gasteiger partial charge in [-0.1, -0.05) is 0 Å². The van der Waals surface area contributed by atoms with E-state index in [1.54, 1.807) is 6.92 Å². The first kappa shape index (κ1) is 9.87. The van der Waals surface area contributed by atoms with Gasteiger partial charge in [0.25, 0.3) is 0 Å². The highest BCUT2D eigenvalue weighted by molar-refractivity contribution is 7.18. The number of rotatable bonds is 4. The van der Waals surface area contributed by atoms with Gasteiger partial charge in [-0.25, -0.2) is 4.98 Å². The zero-order chi connectivity index (χ0) is 9.84. The van der Waals surface area contributed by atoms with Crippen LogP contribution in [0.15, 0.2) is 6.20 Å². The summed E-state index contributed by atoms with van der Waals surface area (Å²) in [7, 11) is 0. The van der Waals surface area contributed by atoms with Crippen molar-refractivity contribution in [3.8, 4) is 0 Å². The summed E-state index contributed by atoms with van der Waals surface area (Å²) in [5.74, 6) is 0. The summed E-state index contributed by atoms with van der Waals surface area (Å²) in [4.78, 5) is 13.5. The normalized spacial score (nSPS) is 12.5. The van der Waals surface area contributed by atoms with Crippen LogP contribution in [0.5, 0.6) is 0 Å². The Morgan fingerprint density at radius 3 is 3.08 bits per heavy atom. The fraction of sp³-hybridized carbons (Fsp3) is 0.500. The Hall–Kier alpha value is -1.21. The van der Waals surface area contributed by atoms with Crippen LogP contribution in [0.25, 0.3) is 0 Å². The summed E-state index contributed by atoms with van der Waals surface area (Å²) in [6, 6.07) is 0. The lowest BCUT2D eigenvalue weighted by molar-refractivity contribution is -0.380. The van der Waals surface area contributed by atoms with Gasteiger partial charge in [0, 0.05) is 6.54 Å². The minimum Gasteiger partial charge on any atom is -0.392 e. The molecule has 0 unspecified atom stereocenters. The smallest absolute Gasteiger partial charge is 0.345 e. The second kappa shape index (κ2) is 4.15. The van der Waals surface area contributed by atoms with Crippen molar-refractivity contribution in [1.29, 1.82) is 0 Å². The molecule has 0 spiro atoms. The van der Waals surface area contributed by atoms with E-state index in [1.165, 1.54) is 6.20 Å². The first-order valence-electron chi connectivity index (χ1n) is 3.61. The van der Waals surface area contributed by atoms with E-state index >= 15 is 0 Å². The number of aliphatic hydroxyl groups is 1. The fourth-order valence-electron chi connectivity index (χ4n) is 0.667. The molecule has 6 nitrogen and oxygen atoms in total. The molecule has 1 heterocycles. The Morgan fingerprint density at radius 1 is 1.92 bits per heavy atom. The van der Waals surface area contributed by atoms with Crippen molar-refractivity contribution in [2.24, 2.45) is 0 Å². The van der Waals surface area contributed by atoms with Crippen LogP contribution in [-0.4, -0.2) is 27.7 Å². The van der Waals surface area contributed by atoms with Crippen molar-refractivity contribution in [2.45, 2.75) is 13.0 Å². The van der Waals surface area contributed by atoms with Gasteiger partial charge in [-0.15, -0.1) is 0 Å². The Balaban J connectivity index is 2.54. The molecular formula is C6H9N3O3S. The molecule has 0 aliphatic rings. The highest BCUT2D eigenvalue weighted by atomic mass is 32.1. The second-order valence-corrected chi connectivity index (χ2v) is 3.50. The fourth-order valence-corrected chi connectivity index (χ4v) is 1.31. The molecule has 0 aliphatic carbocycles. The first-order valence-corrected chi connectivity index (χ1v) is 4.43. The maximum atomic E-state index is 10.3. The number of aliphatic hydroxyl groups excluding tert-OH is 1. The number of aromatic nitrogens is 1. The number of hydrogen-bond acceptors (Lipinski definition) is 6. The maximum absolute atomic E-state index is 10.3. The molecule has 7 heteroatoms. The van der Waals surface area contributed by atoms with Crippen molar-refractivity contribution in [1.82, 2.24) is 4.98 Å². The SMILES string of the molecule is C[C@H](O)CNc1ncc([N+](=O)[O-])s1. The lowest BCUT2D eigenvalue weighted by Crippen LogP contribution is -2.14. The average Bonchev–Trinajstić information content (AvgIpc) is 2.48. The van der Waals surface area contributed by atoms with Crippen LogP contribution in [0.2, 0.25) is 0 Å². The minimum absolute atomic E-state index is 0.00640. The number of thiazole rings is 1. The van der Waals surface area contributed by atoms with Crippen LogP contribution in [-0.2, 0) is 0 Å². The van der Waals surface area contributed by atoms with Crippen molar-refractivity contribution in [2.75, 3.05) is 11.9 Å². The largest absolute Gasteiger partial charge is 0.392 e. The molecule has 0 aliphatic heterocycles. The maximum Gasteiger partial charge on any atom is 0.345 e. The van der Waals surface area contributed by atoms with E-state index in [-0.39, 0.29) is 5.00 Å². The molecule has 0 saturated carbocycles.